The highest BCUT2D eigenvalue weighted by Crippen LogP contribution is 2.11. The van der Waals surface area contributed by atoms with E-state index in [9.17, 15) is 34.2 Å². The Morgan fingerprint density at radius 2 is 1.69 bits per heavy atom. The number of carbonyl (C=O) groups is 5. The number of hydrogen-bond donors (Lipinski definition) is 8. The highest BCUT2D eigenvalue weighted by molar-refractivity contribution is 5.94. The van der Waals surface area contributed by atoms with Gasteiger partial charge in [0.1, 0.15) is 17.8 Å². The van der Waals surface area contributed by atoms with Crippen LogP contribution >= 0.6 is 0 Å². The number of H-pyrrole nitrogens is 1. The molecule has 0 radical (unpaired) electrons. The van der Waals surface area contributed by atoms with Crippen LogP contribution in [0, 0.1) is 0 Å². The van der Waals surface area contributed by atoms with Crippen molar-refractivity contribution in [3.05, 3.63) is 48.0 Å². The van der Waals surface area contributed by atoms with Crippen molar-refractivity contribution in [1.29, 1.82) is 0 Å². The summed E-state index contributed by atoms with van der Waals surface area (Å²) < 4.78 is 0. The summed E-state index contributed by atoms with van der Waals surface area (Å²) in [5, 5.41) is 25.8. The first kappa shape index (κ1) is 26.8. The third-order valence-corrected chi connectivity index (χ3v) is 4.80. The molecule has 2 rings (SSSR count). The maximum Gasteiger partial charge on any atom is 0.326 e. The van der Waals surface area contributed by atoms with E-state index in [1.54, 1.807) is 0 Å². The van der Waals surface area contributed by atoms with Crippen LogP contribution in [0.25, 0.3) is 0 Å². The minimum atomic E-state index is -1.29. The van der Waals surface area contributed by atoms with E-state index in [2.05, 4.69) is 25.9 Å². The number of aliphatic carboxylic acids is 1. The fourth-order valence-electron chi connectivity index (χ4n) is 3.02. The van der Waals surface area contributed by atoms with Crippen LogP contribution in [0.2, 0.25) is 0 Å². The van der Waals surface area contributed by atoms with E-state index in [1.165, 1.54) is 36.8 Å². The lowest BCUT2D eigenvalue weighted by molar-refractivity contribution is -0.141. The summed E-state index contributed by atoms with van der Waals surface area (Å²) in [6.45, 7) is -0.569. The van der Waals surface area contributed by atoms with Crippen LogP contribution in [-0.4, -0.2) is 74.4 Å². The molecule has 3 atom stereocenters. The quantitative estimate of drug-likeness (QED) is 0.145. The first-order valence-electron chi connectivity index (χ1n) is 10.4. The molecule has 14 nitrogen and oxygen atoms in total. The normalized spacial score (nSPS) is 13.2. The molecule has 0 aliphatic carbocycles. The average Bonchev–Trinajstić information content (AvgIpc) is 3.30. The second-order valence-electron chi connectivity index (χ2n) is 7.67. The molecule has 3 unspecified atom stereocenters. The van der Waals surface area contributed by atoms with Gasteiger partial charge in [-0.2, -0.15) is 0 Å². The highest BCUT2D eigenvalue weighted by atomic mass is 16.4. The summed E-state index contributed by atoms with van der Waals surface area (Å²) in [7, 11) is 0. The molecule has 0 aliphatic rings. The lowest BCUT2D eigenvalue weighted by atomic mass is 10.0. The van der Waals surface area contributed by atoms with Gasteiger partial charge in [0.2, 0.25) is 23.6 Å². The van der Waals surface area contributed by atoms with Gasteiger partial charge in [-0.15, -0.1) is 0 Å². The molecule has 0 fully saturated rings. The maximum absolute atomic E-state index is 12.8. The Kier molecular flexibility index (Phi) is 9.71. The molecule has 4 amide bonds. The Morgan fingerprint density at radius 1 is 1.00 bits per heavy atom. The number of rotatable bonds is 13. The molecule has 2 aromatic rings. The Labute approximate surface area is 199 Å². The van der Waals surface area contributed by atoms with E-state index in [-0.39, 0.29) is 18.6 Å². The zero-order valence-electron chi connectivity index (χ0n) is 18.6. The van der Waals surface area contributed by atoms with E-state index in [1.807, 2.05) is 0 Å². The first-order chi connectivity index (χ1) is 16.5. The number of nitrogens with zero attached hydrogens (tertiary/aromatic N) is 1. The third-order valence-electron chi connectivity index (χ3n) is 4.80. The van der Waals surface area contributed by atoms with Gasteiger partial charge in [0.05, 0.1) is 25.3 Å². The van der Waals surface area contributed by atoms with Crippen molar-refractivity contribution < 1.29 is 34.2 Å². The summed E-state index contributed by atoms with van der Waals surface area (Å²) in [6, 6.07) is 2.10. The van der Waals surface area contributed by atoms with E-state index in [0.29, 0.717) is 11.3 Å². The number of aromatic hydroxyl groups is 1. The fraction of sp³-hybridized carbons (Fsp3) is 0.333. The Hall–Kier alpha value is -4.46. The van der Waals surface area contributed by atoms with Crippen LogP contribution in [0.4, 0.5) is 0 Å². The molecule has 0 saturated heterocycles. The summed E-state index contributed by atoms with van der Waals surface area (Å²) in [5.74, 6) is -4.41. The molecule has 14 heteroatoms. The first-order valence-corrected chi connectivity index (χ1v) is 10.4. The van der Waals surface area contributed by atoms with Crippen LogP contribution in [0.15, 0.2) is 36.8 Å². The molecule has 188 valence electrons. The molecule has 1 heterocycles. The monoisotopic (exact) mass is 489 g/mol. The molecule has 35 heavy (non-hydrogen) atoms. The predicted octanol–water partition coefficient (Wildman–Crippen LogP) is -2.73. The predicted molar refractivity (Wildman–Crippen MR) is 120 cm³/mol. The number of phenolic OH excluding ortho intramolecular Hbond substituents is 1. The number of carbonyl (C=O) groups excluding carboxylic acids is 4. The van der Waals surface area contributed by atoms with E-state index >= 15 is 0 Å². The van der Waals surface area contributed by atoms with Gasteiger partial charge in [-0.05, 0) is 17.7 Å². The van der Waals surface area contributed by atoms with Gasteiger partial charge in [0.15, 0.2) is 0 Å². The van der Waals surface area contributed by atoms with Crippen molar-refractivity contribution in [2.24, 2.45) is 11.5 Å². The van der Waals surface area contributed by atoms with Crippen molar-refractivity contribution in [3.8, 4) is 5.75 Å². The lowest BCUT2D eigenvalue weighted by Gasteiger charge is -2.21. The SMILES string of the molecule is NC(=O)CC(N)C(=O)NC(Cc1ccc(O)cc1)C(=O)NCC(=O)NC(Cc1cnc[nH]1)C(=O)O. The summed E-state index contributed by atoms with van der Waals surface area (Å²) in [4.78, 5) is 66.4. The number of hydrogen-bond acceptors (Lipinski definition) is 8. The topological polar surface area (TPSA) is 243 Å². The zero-order valence-corrected chi connectivity index (χ0v) is 18.6. The average molecular weight is 489 g/mol. The number of amides is 4. The highest BCUT2D eigenvalue weighted by Gasteiger charge is 2.26. The van der Waals surface area contributed by atoms with Crippen LogP contribution in [0.5, 0.6) is 5.75 Å². The Morgan fingerprint density at radius 3 is 2.26 bits per heavy atom. The molecule has 0 saturated carbocycles. The van der Waals surface area contributed by atoms with Crippen molar-refractivity contribution in [2.45, 2.75) is 37.4 Å². The Balaban J connectivity index is 2.02. The van der Waals surface area contributed by atoms with Gasteiger partial charge in [-0.1, -0.05) is 12.1 Å². The summed E-state index contributed by atoms with van der Waals surface area (Å²) >= 11 is 0. The van der Waals surface area contributed by atoms with Gasteiger partial charge in [-0.25, -0.2) is 9.78 Å². The molecular formula is C21H27N7O7. The van der Waals surface area contributed by atoms with Gasteiger partial charge in [0.25, 0.3) is 0 Å². The zero-order chi connectivity index (χ0) is 26.0. The number of nitrogens with two attached hydrogens (primary N) is 2. The fourth-order valence-corrected chi connectivity index (χ4v) is 3.02. The van der Waals surface area contributed by atoms with Crippen LogP contribution < -0.4 is 27.4 Å². The van der Waals surface area contributed by atoms with E-state index < -0.39 is 60.7 Å². The number of nitrogens with one attached hydrogen (secondary N) is 4. The van der Waals surface area contributed by atoms with Gasteiger partial charge in [-0.3, -0.25) is 19.2 Å². The van der Waals surface area contributed by atoms with Gasteiger partial charge in [0, 0.05) is 24.7 Å². The third kappa shape index (κ3) is 9.13. The standard InChI is InChI=1S/C21H27N7O7/c22-14(7-17(23)30)19(32)28-15(5-11-1-3-13(29)4-2-11)20(33)25-9-18(31)27-16(21(34)35)6-12-8-24-10-26-12/h1-4,8,10,14-16,29H,5-7,9,22H2,(H2,23,30)(H,24,26)(H,25,33)(H,27,31)(H,28,32)(H,34,35). The van der Waals surface area contributed by atoms with Crippen molar-refractivity contribution in [2.75, 3.05) is 6.54 Å². The van der Waals surface area contributed by atoms with Crippen molar-refractivity contribution in [1.82, 2.24) is 25.9 Å². The van der Waals surface area contributed by atoms with Crippen LogP contribution in [-0.2, 0) is 36.8 Å². The molecule has 10 N–H and O–H groups in total. The number of aromatic amines is 1. The lowest BCUT2D eigenvalue weighted by Crippen LogP contribution is -2.54. The second-order valence-corrected chi connectivity index (χ2v) is 7.67. The molecule has 1 aromatic carbocycles. The van der Waals surface area contributed by atoms with Crippen LogP contribution in [0.1, 0.15) is 17.7 Å². The van der Waals surface area contributed by atoms with Crippen molar-refractivity contribution in [3.63, 3.8) is 0 Å². The minimum Gasteiger partial charge on any atom is -0.508 e. The van der Waals surface area contributed by atoms with Gasteiger partial charge >= 0.3 is 5.97 Å². The van der Waals surface area contributed by atoms with Crippen molar-refractivity contribution >= 4 is 29.6 Å². The number of carboxylic acids is 1. The van der Waals surface area contributed by atoms with E-state index in [0.717, 1.165) is 0 Å². The largest absolute Gasteiger partial charge is 0.508 e. The molecular weight excluding hydrogens is 462 g/mol. The number of aromatic nitrogens is 2. The number of carboxylic acid groups (broad SMARTS) is 1. The number of primary amides is 1. The second kappa shape index (κ2) is 12.7. The number of phenols is 1. The molecule has 1 aromatic heterocycles. The molecule has 0 aliphatic heterocycles. The Bertz CT molecular complexity index is 1040. The van der Waals surface area contributed by atoms with Crippen LogP contribution in [0.3, 0.4) is 0 Å². The number of imidazole rings is 1. The smallest absolute Gasteiger partial charge is 0.326 e. The van der Waals surface area contributed by atoms with Gasteiger partial charge < -0.3 is 42.6 Å². The minimum absolute atomic E-state index is 0.00190. The van der Waals surface area contributed by atoms with E-state index in [4.69, 9.17) is 11.5 Å². The molecule has 0 bridgehead atoms. The summed E-state index contributed by atoms with van der Waals surface area (Å²) in [6.07, 6.45) is 2.28. The number of benzene rings is 1. The maximum atomic E-state index is 12.8. The summed E-state index contributed by atoms with van der Waals surface area (Å²) in [5.41, 5.74) is 11.7. The molecule has 0 spiro atoms.